The molecule has 0 saturated heterocycles. The standard InChI is InChI=1S/C19H22N2/c1-19(2)14-9-10-15(16(19)11-14)17-12-18(21(3)20-17)13-7-5-4-6-8-13/h4-8,10,12,14,16H,9,11H2,1-3H3/t14-,16-/m0/s1. The van der Waals surface area contributed by atoms with Crippen LogP contribution in [0.1, 0.15) is 32.4 Å². The zero-order valence-electron chi connectivity index (χ0n) is 13.0. The molecule has 2 aromatic rings. The average Bonchev–Trinajstić information content (AvgIpc) is 2.90. The first-order valence-corrected chi connectivity index (χ1v) is 7.87. The van der Waals surface area contributed by atoms with Crippen LogP contribution in [-0.2, 0) is 7.05 Å². The normalized spacial score (nSPS) is 26.1. The van der Waals surface area contributed by atoms with Gasteiger partial charge in [-0.15, -0.1) is 0 Å². The minimum Gasteiger partial charge on any atom is -0.267 e. The summed E-state index contributed by atoms with van der Waals surface area (Å²) in [4.78, 5) is 0. The Morgan fingerprint density at radius 3 is 2.62 bits per heavy atom. The molecule has 1 aromatic heterocycles. The second-order valence-electron chi connectivity index (χ2n) is 7.11. The number of aromatic nitrogens is 2. The van der Waals surface area contributed by atoms with Crippen molar-refractivity contribution >= 4 is 5.57 Å². The van der Waals surface area contributed by atoms with Crippen molar-refractivity contribution in [1.29, 1.82) is 0 Å². The summed E-state index contributed by atoms with van der Waals surface area (Å²) in [5.74, 6) is 1.57. The Labute approximate surface area is 126 Å². The molecule has 1 fully saturated rings. The molecule has 1 heterocycles. The Morgan fingerprint density at radius 2 is 1.95 bits per heavy atom. The molecule has 2 nitrogen and oxygen atoms in total. The lowest BCUT2D eigenvalue weighted by Gasteiger charge is -2.56. The molecule has 2 atom stereocenters. The predicted molar refractivity (Wildman–Crippen MR) is 86.6 cm³/mol. The van der Waals surface area contributed by atoms with Gasteiger partial charge in [0, 0.05) is 7.05 Å². The van der Waals surface area contributed by atoms with Crippen molar-refractivity contribution in [1.82, 2.24) is 9.78 Å². The van der Waals surface area contributed by atoms with Gasteiger partial charge in [-0.1, -0.05) is 50.3 Å². The third-order valence-corrected chi connectivity index (χ3v) is 5.71. The molecule has 2 bridgehead atoms. The van der Waals surface area contributed by atoms with Crippen molar-refractivity contribution in [3.63, 3.8) is 0 Å². The number of hydrogen-bond donors (Lipinski definition) is 0. The lowest BCUT2D eigenvalue weighted by atomic mass is 9.48. The summed E-state index contributed by atoms with van der Waals surface area (Å²) in [6, 6.07) is 12.8. The summed E-state index contributed by atoms with van der Waals surface area (Å²) in [5, 5.41) is 4.80. The van der Waals surface area contributed by atoms with Crippen LogP contribution in [0.4, 0.5) is 0 Å². The molecule has 0 unspecified atom stereocenters. The van der Waals surface area contributed by atoms with E-state index in [9.17, 15) is 0 Å². The minimum absolute atomic E-state index is 0.453. The van der Waals surface area contributed by atoms with Crippen molar-refractivity contribution in [3.8, 4) is 11.3 Å². The van der Waals surface area contributed by atoms with E-state index in [1.165, 1.54) is 35.4 Å². The molecule has 1 aromatic carbocycles. The maximum atomic E-state index is 4.80. The molecule has 5 rings (SSSR count). The van der Waals surface area contributed by atoms with E-state index >= 15 is 0 Å². The number of benzene rings is 1. The van der Waals surface area contributed by atoms with Gasteiger partial charge in [0.2, 0.25) is 0 Å². The number of aryl methyl sites for hydroxylation is 1. The van der Waals surface area contributed by atoms with Crippen LogP contribution >= 0.6 is 0 Å². The van der Waals surface area contributed by atoms with Gasteiger partial charge in [-0.05, 0) is 47.3 Å². The van der Waals surface area contributed by atoms with Crippen molar-refractivity contribution in [3.05, 3.63) is 48.2 Å². The first-order valence-electron chi connectivity index (χ1n) is 7.87. The molecule has 0 spiro atoms. The summed E-state index contributed by atoms with van der Waals surface area (Å²) < 4.78 is 2.02. The van der Waals surface area contributed by atoms with E-state index in [0.717, 1.165) is 5.92 Å². The zero-order chi connectivity index (χ0) is 14.6. The molecule has 108 valence electrons. The van der Waals surface area contributed by atoms with Crippen molar-refractivity contribution < 1.29 is 0 Å². The lowest BCUT2D eigenvalue weighted by molar-refractivity contribution is 0.0111. The van der Waals surface area contributed by atoms with Gasteiger partial charge in [0.1, 0.15) is 0 Å². The van der Waals surface area contributed by atoms with Gasteiger partial charge in [-0.25, -0.2) is 0 Å². The summed E-state index contributed by atoms with van der Waals surface area (Å²) >= 11 is 0. The number of nitrogens with zero attached hydrogens (tertiary/aromatic N) is 2. The van der Waals surface area contributed by atoms with E-state index in [-0.39, 0.29) is 0 Å². The SMILES string of the molecule is Cn1nc(C2=CC[C@H]3C[C@@H]2C3(C)C)cc1-c1ccccc1. The number of hydrogen-bond acceptors (Lipinski definition) is 1. The van der Waals surface area contributed by atoms with E-state index in [2.05, 4.69) is 56.3 Å². The monoisotopic (exact) mass is 278 g/mol. The molecule has 3 aliphatic carbocycles. The fraction of sp³-hybridized carbons (Fsp3) is 0.421. The quantitative estimate of drug-likeness (QED) is 0.788. The van der Waals surface area contributed by atoms with Crippen LogP contribution in [0, 0.1) is 17.3 Å². The predicted octanol–water partition coefficient (Wildman–Crippen LogP) is 4.54. The van der Waals surface area contributed by atoms with Crippen LogP contribution in [0.2, 0.25) is 0 Å². The summed E-state index contributed by atoms with van der Waals surface area (Å²) in [7, 11) is 2.05. The fourth-order valence-corrected chi connectivity index (χ4v) is 4.13. The van der Waals surface area contributed by atoms with Gasteiger partial charge in [-0.3, -0.25) is 4.68 Å². The number of rotatable bonds is 2. The van der Waals surface area contributed by atoms with Crippen LogP contribution in [0.15, 0.2) is 42.5 Å². The van der Waals surface area contributed by atoms with E-state index in [1.807, 2.05) is 11.7 Å². The molecule has 1 saturated carbocycles. The van der Waals surface area contributed by atoms with E-state index in [1.54, 1.807) is 0 Å². The first-order chi connectivity index (χ1) is 10.1. The van der Waals surface area contributed by atoms with Crippen molar-refractivity contribution in [2.24, 2.45) is 24.3 Å². The fourth-order valence-electron chi connectivity index (χ4n) is 4.13. The first kappa shape index (κ1) is 12.9. The second kappa shape index (κ2) is 4.33. The summed E-state index contributed by atoms with van der Waals surface area (Å²) in [5.41, 5.74) is 5.54. The minimum atomic E-state index is 0.453. The summed E-state index contributed by atoms with van der Waals surface area (Å²) in [6.07, 6.45) is 4.99. The maximum Gasteiger partial charge on any atom is 0.0889 e. The van der Waals surface area contributed by atoms with Gasteiger partial charge in [0.15, 0.2) is 0 Å². The van der Waals surface area contributed by atoms with E-state index < -0.39 is 0 Å². The topological polar surface area (TPSA) is 17.8 Å². The lowest BCUT2D eigenvalue weighted by Crippen LogP contribution is -2.47. The second-order valence-corrected chi connectivity index (χ2v) is 7.11. The third-order valence-electron chi connectivity index (χ3n) is 5.71. The Balaban J connectivity index is 1.74. The number of allylic oxidation sites excluding steroid dienone is 2. The van der Waals surface area contributed by atoms with Gasteiger partial charge in [-0.2, -0.15) is 5.10 Å². The Kier molecular flexibility index (Phi) is 2.66. The number of fused-ring (bicyclic) bond motifs is 1. The molecule has 0 N–H and O–H groups in total. The molecule has 0 amide bonds. The molecule has 2 heteroatoms. The molecule has 0 radical (unpaired) electrons. The third kappa shape index (κ3) is 1.81. The Hall–Kier alpha value is -1.83. The van der Waals surface area contributed by atoms with Crippen LogP contribution in [-0.4, -0.2) is 9.78 Å². The van der Waals surface area contributed by atoms with Crippen LogP contribution in [0.25, 0.3) is 16.8 Å². The highest BCUT2D eigenvalue weighted by Gasteiger charge is 2.51. The van der Waals surface area contributed by atoms with Gasteiger partial charge < -0.3 is 0 Å². The molecule has 3 aliphatic rings. The molecule has 21 heavy (non-hydrogen) atoms. The molecular formula is C19H22N2. The zero-order valence-corrected chi connectivity index (χ0v) is 13.0. The largest absolute Gasteiger partial charge is 0.267 e. The Bertz CT molecular complexity index is 706. The van der Waals surface area contributed by atoms with Crippen molar-refractivity contribution in [2.75, 3.05) is 0 Å². The molecule has 0 aliphatic heterocycles. The van der Waals surface area contributed by atoms with Crippen molar-refractivity contribution in [2.45, 2.75) is 26.7 Å². The highest BCUT2D eigenvalue weighted by molar-refractivity contribution is 5.72. The van der Waals surface area contributed by atoms with E-state index in [4.69, 9.17) is 5.10 Å². The smallest absolute Gasteiger partial charge is 0.0889 e. The molecular weight excluding hydrogens is 256 g/mol. The van der Waals surface area contributed by atoms with Gasteiger partial charge in [0.05, 0.1) is 11.4 Å². The summed E-state index contributed by atoms with van der Waals surface area (Å²) in [6.45, 7) is 4.83. The van der Waals surface area contributed by atoms with Crippen LogP contribution in [0.5, 0.6) is 0 Å². The van der Waals surface area contributed by atoms with Gasteiger partial charge >= 0.3 is 0 Å². The maximum absolute atomic E-state index is 4.80. The van der Waals surface area contributed by atoms with Gasteiger partial charge in [0.25, 0.3) is 0 Å². The van der Waals surface area contributed by atoms with Crippen LogP contribution < -0.4 is 0 Å². The highest BCUT2D eigenvalue weighted by Crippen LogP contribution is 2.61. The highest BCUT2D eigenvalue weighted by atomic mass is 15.3. The Morgan fingerprint density at radius 1 is 1.19 bits per heavy atom. The van der Waals surface area contributed by atoms with Crippen LogP contribution in [0.3, 0.4) is 0 Å². The average molecular weight is 278 g/mol. The van der Waals surface area contributed by atoms with E-state index in [0.29, 0.717) is 11.3 Å².